The van der Waals surface area contributed by atoms with E-state index in [1.165, 1.54) is 5.56 Å². The summed E-state index contributed by atoms with van der Waals surface area (Å²) in [6.45, 7) is 8.28. The van der Waals surface area contributed by atoms with Gasteiger partial charge in [0.15, 0.2) is 0 Å². The van der Waals surface area contributed by atoms with Gasteiger partial charge in [0.05, 0.1) is 12.1 Å². The van der Waals surface area contributed by atoms with Crippen molar-refractivity contribution in [1.29, 1.82) is 0 Å². The molecule has 5 heteroatoms. The molecule has 0 saturated carbocycles. The molecule has 2 rings (SSSR count). The van der Waals surface area contributed by atoms with Gasteiger partial charge in [-0.1, -0.05) is 44.5 Å². The Labute approximate surface area is 154 Å². The standard InChI is InChI=1S/C20H25ClN2O2/c1-13(22-16-10-11-18(25-5)17(21)12-16)19(24)23-15-8-6-14(7-9-15)20(2,3)4/h6-13,22H,1-5H3,(H,23,24)/t13-/m1/s1. The van der Waals surface area contributed by atoms with E-state index in [0.29, 0.717) is 10.8 Å². The molecule has 0 heterocycles. The van der Waals surface area contributed by atoms with Crippen molar-refractivity contribution in [2.45, 2.75) is 39.2 Å². The highest BCUT2D eigenvalue weighted by molar-refractivity contribution is 6.32. The lowest BCUT2D eigenvalue weighted by Gasteiger charge is -2.20. The van der Waals surface area contributed by atoms with Crippen LogP contribution in [0.5, 0.6) is 5.75 Å². The molecule has 0 aromatic heterocycles. The first-order valence-corrected chi connectivity index (χ1v) is 8.60. The van der Waals surface area contributed by atoms with Crippen molar-refractivity contribution in [1.82, 2.24) is 0 Å². The Hall–Kier alpha value is -2.20. The molecule has 2 aromatic carbocycles. The van der Waals surface area contributed by atoms with Crippen LogP contribution >= 0.6 is 11.6 Å². The number of benzene rings is 2. The molecule has 2 N–H and O–H groups in total. The van der Waals surface area contributed by atoms with Crippen LogP contribution in [0, 0.1) is 0 Å². The largest absolute Gasteiger partial charge is 0.495 e. The van der Waals surface area contributed by atoms with Gasteiger partial charge >= 0.3 is 0 Å². The zero-order valence-electron chi connectivity index (χ0n) is 15.3. The molecule has 0 bridgehead atoms. The SMILES string of the molecule is COc1ccc(N[C@H](C)C(=O)Nc2ccc(C(C)(C)C)cc2)cc1Cl. The smallest absolute Gasteiger partial charge is 0.246 e. The molecule has 0 aliphatic carbocycles. The molecule has 25 heavy (non-hydrogen) atoms. The summed E-state index contributed by atoms with van der Waals surface area (Å²) in [7, 11) is 1.56. The minimum Gasteiger partial charge on any atom is -0.495 e. The minimum absolute atomic E-state index is 0.0883. The van der Waals surface area contributed by atoms with Crippen molar-refractivity contribution in [2.24, 2.45) is 0 Å². The number of halogens is 1. The highest BCUT2D eigenvalue weighted by Crippen LogP contribution is 2.27. The summed E-state index contributed by atoms with van der Waals surface area (Å²) in [5.74, 6) is 0.485. The van der Waals surface area contributed by atoms with Crippen LogP contribution in [0.2, 0.25) is 5.02 Å². The Morgan fingerprint density at radius 1 is 1.08 bits per heavy atom. The summed E-state index contributed by atoms with van der Waals surface area (Å²) in [6, 6.07) is 12.8. The summed E-state index contributed by atoms with van der Waals surface area (Å²) >= 11 is 6.11. The number of carbonyl (C=O) groups is 1. The van der Waals surface area contributed by atoms with Crippen LogP contribution in [-0.2, 0) is 10.2 Å². The lowest BCUT2D eigenvalue weighted by molar-refractivity contribution is -0.116. The second kappa shape index (κ2) is 7.79. The van der Waals surface area contributed by atoms with E-state index >= 15 is 0 Å². The predicted octanol–water partition coefficient (Wildman–Crippen LogP) is 5.09. The zero-order valence-corrected chi connectivity index (χ0v) is 16.1. The molecule has 0 spiro atoms. The Morgan fingerprint density at radius 2 is 1.68 bits per heavy atom. The minimum atomic E-state index is -0.410. The van der Waals surface area contributed by atoms with Gasteiger partial charge in [-0.2, -0.15) is 0 Å². The fourth-order valence-electron chi connectivity index (χ4n) is 2.38. The van der Waals surface area contributed by atoms with Crippen LogP contribution in [-0.4, -0.2) is 19.1 Å². The van der Waals surface area contributed by atoms with E-state index in [1.807, 2.05) is 30.3 Å². The van der Waals surface area contributed by atoms with Crippen molar-refractivity contribution in [3.8, 4) is 5.75 Å². The molecule has 1 amide bonds. The number of hydrogen-bond donors (Lipinski definition) is 2. The van der Waals surface area contributed by atoms with Gasteiger partial charge < -0.3 is 15.4 Å². The van der Waals surface area contributed by atoms with Gasteiger partial charge in [-0.3, -0.25) is 4.79 Å². The second-order valence-electron chi connectivity index (χ2n) is 7.03. The maximum absolute atomic E-state index is 12.4. The molecule has 0 aliphatic heterocycles. The first-order valence-electron chi connectivity index (χ1n) is 8.22. The first-order chi connectivity index (χ1) is 11.7. The van der Waals surface area contributed by atoms with Crippen LogP contribution in [0.15, 0.2) is 42.5 Å². The van der Waals surface area contributed by atoms with Crippen LogP contribution < -0.4 is 15.4 Å². The first kappa shape index (κ1) is 19.1. The fourth-order valence-corrected chi connectivity index (χ4v) is 2.63. The van der Waals surface area contributed by atoms with Crippen molar-refractivity contribution in [3.05, 3.63) is 53.1 Å². The van der Waals surface area contributed by atoms with E-state index in [0.717, 1.165) is 11.4 Å². The summed E-state index contributed by atoms with van der Waals surface area (Å²) in [6.07, 6.45) is 0. The molecule has 4 nitrogen and oxygen atoms in total. The van der Waals surface area contributed by atoms with E-state index in [-0.39, 0.29) is 11.3 Å². The normalized spacial score (nSPS) is 12.4. The van der Waals surface area contributed by atoms with Crippen molar-refractivity contribution < 1.29 is 9.53 Å². The third-order valence-corrected chi connectivity index (χ3v) is 4.24. The molecule has 0 fully saturated rings. The fraction of sp³-hybridized carbons (Fsp3) is 0.350. The van der Waals surface area contributed by atoms with Gasteiger partial charge in [0.1, 0.15) is 11.8 Å². The third kappa shape index (κ3) is 5.13. The van der Waals surface area contributed by atoms with Gasteiger partial charge in [-0.15, -0.1) is 0 Å². The topological polar surface area (TPSA) is 50.4 Å². The summed E-state index contributed by atoms with van der Waals surface area (Å²) in [5, 5.41) is 6.55. The number of nitrogens with one attached hydrogen (secondary N) is 2. The number of amides is 1. The van der Waals surface area contributed by atoms with Crippen molar-refractivity contribution in [3.63, 3.8) is 0 Å². The molecule has 2 aromatic rings. The molecule has 0 aliphatic rings. The summed E-state index contributed by atoms with van der Waals surface area (Å²) in [4.78, 5) is 12.4. The lowest BCUT2D eigenvalue weighted by atomic mass is 9.87. The highest BCUT2D eigenvalue weighted by Gasteiger charge is 2.15. The summed E-state index contributed by atoms with van der Waals surface area (Å²) < 4.78 is 5.13. The molecular weight excluding hydrogens is 336 g/mol. The van der Waals surface area contributed by atoms with Crippen LogP contribution in [0.1, 0.15) is 33.3 Å². The number of hydrogen-bond acceptors (Lipinski definition) is 3. The maximum atomic E-state index is 12.4. The van der Waals surface area contributed by atoms with Crippen LogP contribution in [0.4, 0.5) is 11.4 Å². The molecule has 0 radical (unpaired) electrons. The predicted molar refractivity (Wildman–Crippen MR) is 105 cm³/mol. The number of anilines is 2. The zero-order chi connectivity index (χ0) is 18.6. The van der Waals surface area contributed by atoms with Crippen LogP contribution in [0.25, 0.3) is 0 Å². The molecular formula is C20H25ClN2O2. The van der Waals surface area contributed by atoms with E-state index in [2.05, 4.69) is 31.4 Å². The van der Waals surface area contributed by atoms with Gasteiger partial charge in [-0.25, -0.2) is 0 Å². The quantitative estimate of drug-likeness (QED) is 0.781. The van der Waals surface area contributed by atoms with E-state index in [4.69, 9.17) is 16.3 Å². The Kier molecular flexibility index (Phi) is 5.96. The third-order valence-electron chi connectivity index (χ3n) is 3.95. The van der Waals surface area contributed by atoms with Crippen LogP contribution in [0.3, 0.4) is 0 Å². The average Bonchev–Trinajstić information content (AvgIpc) is 2.54. The highest BCUT2D eigenvalue weighted by atomic mass is 35.5. The number of methoxy groups -OCH3 is 1. The summed E-state index contributed by atoms with van der Waals surface area (Å²) in [5.41, 5.74) is 2.85. The van der Waals surface area contributed by atoms with Gasteiger partial charge in [0.25, 0.3) is 0 Å². The Morgan fingerprint density at radius 3 is 2.20 bits per heavy atom. The number of carbonyl (C=O) groups excluding carboxylic acids is 1. The number of rotatable bonds is 5. The van der Waals surface area contributed by atoms with E-state index in [1.54, 1.807) is 26.2 Å². The molecule has 0 unspecified atom stereocenters. The van der Waals surface area contributed by atoms with Gasteiger partial charge in [-0.05, 0) is 48.2 Å². The monoisotopic (exact) mass is 360 g/mol. The molecule has 134 valence electrons. The van der Waals surface area contributed by atoms with Gasteiger partial charge in [0, 0.05) is 11.4 Å². The Balaban J connectivity index is 1.99. The second-order valence-corrected chi connectivity index (χ2v) is 7.44. The molecule has 0 saturated heterocycles. The van der Waals surface area contributed by atoms with Gasteiger partial charge in [0.2, 0.25) is 5.91 Å². The van der Waals surface area contributed by atoms with Crippen molar-refractivity contribution in [2.75, 3.05) is 17.7 Å². The maximum Gasteiger partial charge on any atom is 0.246 e. The van der Waals surface area contributed by atoms with Crippen molar-refractivity contribution >= 4 is 28.9 Å². The molecule has 1 atom stereocenters. The Bertz CT molecular complexity index is 736. The average molecular weight is 361 g/mol. The lowest BCUT2D eigenvalue weighted by Crippen LogP contribution is -2.31. The number of ether oxygens (including phenoxy) is 1. The van der Waals surface area contributed by atoms with E-state index < -0.39 is 6.04 Å². The van der Waals surface area contributed by atoms with E-state index in [9.17, 15) is 4.79 Å².